The van der Waals surface area contributed by atoms with E-state index in [2.05, 4.69) is 32.5 Å². The highest BCUT2D eigenvalue weighted by Crippen LogP contribution is 2.35. The lowest BCUT2D eigenvalue weighted by Crippen LogP contribution is -2.34. The molecular formula is C11H22OS. The zero-order valence-electron chi connectivity index (χ0n) is 9.08. The molecular weight excluding hydrogens is 180 g/mol. The van der Waals surface area contributed by atoms with E-state index in [1.54, 1.807) is 0 Å². The van der Waals surface area contributed by atoms with Crippen molar-refractivity contribution in [2.75, 3.05) is 6.61 Å². The van der Waals surface area contributed by atoms with Crippen LogP contribution in [0.15, 0.2) is 0 Å². The van der Waals surface area contributed by atoms with E-state index in [-0.39, 0.29) is 0 Å². The Morgan fingerprint density at radius 2 is 2.08 bits per heavy atom. The fourth-order valence-electron chi connectivity index (χ4n) is 1.54. The van der Waals surface area contributed by atoms with E-state index in [0.717, 1.165) is 17.1 Å². The Kier molecular flexibility index (Phi) is 5.18. The fraction of sp³-hybridized carbons (Fsp3) is 1.00. The van der Waals surface area contributed by atoms with Crippen LogP contribution in [0.25, 0.3) is 0 Å². The van der Waals surface area contributed by atoms with Crippen LogP contribution in [-0.2, 0) is 4.74 Å². The van der Waals surface area contributed by atoms with Crippen molar-refractivity contribution >= 4 is 11.8 Å². The van der Waals surface area contributed by atoms with Gasteiger partial charge in [0.15, 0.2) is 0 Å². The molecule has 0 aromatic rings. The summed E-state index contributed by atoms with van der Waals surface area (Å²) in [5.74, 6) is 0. The van der Waals surface area contributed by atoms with E-state index in [1.807, 2.05) is 0 Å². The van der Waals surface area contributed by atoms with Crippen LogP contribution in [0.2, 0.25) is 0 Å². The number of ether oxygens (including phenoxy) is 1. The molecule has 0 spiro atoms. The molecule has 1 aliphatic carbocycles. The van der Waals surface area contributed by atoms with Gasteiger partial charge < -0.3 is 4.74 Å². The van der Waals surface area contributed by atoms with Crippen LogP contribution in [-0.4, -0.2) is 23.2 Å². The summed E-state index contributed by atoms with van der Waals surface area (Å²) in [7, 11) is 0. The first-order valence-electron chi connectivity index (χ1n) is 5.49. The van der Waals surface area contributed by atoms with Crippen LogP contribution < -0.4 is 0 Å². The summed E-state index contributed by atoms with van der Waals surface area (Å²) in [6, 6.07) is 0. The van der Waals surface area contributed by atoms with Crippen LogP contribution >= 0.6 is 11.8 Å². The van der Waals surface area contributed by atoms with Gasteiger partial charge in [0.25, 0.3) is 0 Å². The monoisotopic (exact) mass is 202 g/mol. The van der Waals surface area contributed by atoms with Crippen molar-refractivity contribution in [1.82, 2.24) is 0 Å². The van der Waals surface area contributed by atoms with Crippen LogP contribution in [0.3, 0.4) is 0 Å². The zero-order chi connectivity index (χ0) is 9.68. The number of rotatable bonds is 6. The van der Waals surface area contributed by atoms with E-state index in [4.69, 9.17) is 4.74 Å². The van der Waals surface area contributed by atoms with E-state index in [0.29, 0.717) is 6.10 Å². The Morgan fingerprint density at radius 1 is 1.38 bits per heavy atom. The van der Waals surface area contributed by atoms with Gasteiger partial charge in [0.05, 0.1) is 6.10 Å². The molecule has 0 atom stereocenters. The maximum atomic E-state index is 5.72. The minimum atomic E-state index is 0.586. The predicted octanol–water partition coefficient (Wildman–Crippen LogP) is 3.48. The van der Waals surface area contributed by atoms with Crippen molar-refractivity contribution in [1.29, 1.82) is 0 Å². The van der Waals surface area contributed by atoms with Crippen LogP contribution in [0.1, 0.15) is 46.5 Å². The molecule has 0 saturated heterocycles. The van der Waals surface area contributed by atoms with Gasteiger partial charge in [-0.3, -0.25) is 0 Å². The SMILES string of the molecule is CCCCOC1CC(SC(C)C)C1. The summed E-state index contributed by atoms with van der Waals surface area (Å²) in [6.45, 7) is 7.73. The second kappa shape index (κ2) is 5.92. The summed E-state index contributed by atoms with van der Waals surface area (Å²) in [6.07, 6.45) is 5.62. The van der Waals surface area contributed by atoms with Gasteiger partial charge in [0.2, 0.25) is 0 Å². The van der Waals surface area contributed by atoms with Gasteiger partial charge in [-0.2, -0.15) is 11.8 Å². The maximum Gasteiger partial charge on any atom is 0.0596 e. The molecule has 0 bridgehead atoms. The summed E-state index contributed by atoms with van der Waals surface area (Å²) < 4.78 is 5.72. The number of hydrogen-bond donors (Lipinski definition) is 0. The number of hydrogen-bond acceptors (Lipinski definition) is 2. The molecule has 0 radical (unpaired) electrons. The minimum absolute atomic E-state index is 0.586. The Hall–Kier alpha value is 0.310. The van der Waals surface area contributed by atoms with E-state index < -0.39 is 0 Å². The normalized spacial score (nSPS) is 27.7. The van der Waals surface area contributed by atoms with Gasteiger partial charge in [-0.15, -0.1) is 0 Å². The lowest BCUT2D eigenvalue weighted by atomic mass is 9.95. The smallest absolute Gasteiger partial charge is 0.0596 e. The van der Waals surface area contributed by atoms with Gasteiger partial charge in [0.1, 0.15) is 0 Å². The van der Waals surface area contributed by atoms with Crippen molar-refractivity contribution in [2.45, 2.75) is 63.1 Å². The summed E-state index contributed by atoms with van der Waals surface area (Å²) >= 11 is 2.10. The van der Waals surface area contributed by atoms with Crippen LogP contribution in [0, 0.1) is 0 Å². The van der Waals surface area contributed by atoms with Crippen LogP contribution in [0.5, 0.6) is 0 Å². The third-order valence-corrected chi connectivity index (χ3v) is 3.68. The lowest BCUT2D eigenvalue weighted by Gasteiger charge is -2.35. The van der Waals surface area contributed by atoms with Gasteiger partial charge >= 0.3 is 0 Å². The standard InChI is InChI=1S/C11H22OS/c1-4-5-6-12-10-7-11(8-10)13-9(2)3/h9-11H,4-8H2,1-3H3. The molecule has 0 unspecified atom stereocenters. The maximum absolute atomic E-state index is 5.72. The third kappa shape index (κ3) is 4.37. The molecule has 1 aliphatic rings. The van der Waals surface area contributed by atoms with Crippen molar-refractivity contribution in [3.05, 3.63) is 0 Å². The quantitative estimate of drug-likeness (QED) is 0.610. The molecule has 78 valence electrons. The van der Waals surface area contributed by atoms with E-state index in [9.17, 15) is 0 Å². The van der Waals surface area contributed by atoms with E-state index in [1.165, 1.54) is 25.7 Å². The number of unbranched alkanes of at least 4 members (excludes halogenated alkanes) is 1. The van der Waals surface area contributed by atoms with Gasteiger partial charge in [0, 0.05) is 11.9 Å². The molecule has 1 saturated carbocycles. The lowest BCUT2D eigenvalue weighted by molar-refractivity contribution is 0.00487. The topological polar surface area (TPSA) is 9.23 Å². The molecule has 13 heavy (non-hydrogen) atoms. The average Bonchev–Trinajstić information content (AvgIpc) is 1.99. The Labute approximate surface area is 86.6 Å². The molecule has 0 N–H and O–H groups in total. The first-order chi connectivity index (χ1) is 6.22. The summed E-state index contributed by atoms with van der Waals surface area (Å²) in [5.41, 5.74) is 0. The highest BCUT2D eigenvalue weighted by atomic mass is 32.2. The average molecular weight is 202 g/mol. The number of thioether (sulfide) groups is 1. The minimum Gasteiger partial charge on any atom is -0.378 e. The zero-order valence-corrected chi connectivity index (χ0v) is 9.90. The van der Waals surface area contributed by atoms with E-state index >= 15 is 0 Å². The Bertz CT molecular complexity index is 130. The molecule has 0 aliphatic heterocycles. The molecule has 1 fully saturated rings. The van der Waals surface area contributed by atoms with Crippen LogP contribution in [0.4, 0.5) is 0 Å². The van der Waals surface area contributed by atoms with Gasteiger partial charge in [-0.25, -0.2) is 0 Å². The van der Waals surface area contributed by atoms with Crippen molar-refractivity contribution in [2.24, 2.45) is 0 Å². The van der Waals surface area contributed by atoms with Crippen molar-refractivity contribution < 1.29 is 4.74 Å². The summed E-state index contributed by atoms with van der Waals surface area (Å²) in [4.78, 5) is 0. The molecule has 0 heterocycles. The highest BCUT2D eigenvalue weighted by Gasteiger charge is 2.30. The first-order valence-corrected chi connectivity index (χ1v) is 6.43. The van der Waals surface area contributed by atoms with Gasteiger partial charge in [-0.05, 0) is 24.5 Å². The molecule has 1 rings (SSSR count). The third-order valence-electron chi connectivity index (χ3n) is 2.37. The molecule has 1 nitrogen and oxygen atoms in total. The first kappa shape index (κ1) is 11.4. The predicted molar refractivity (Wildman–Crippen MR) is 60.4 cm³/mol. The van der Waals surface area contributed by atoms with Gasteiger partial charge in [-0.1, -0.05) is 27.2 Å². The Balaban J connectivity index is 1.92. The van der Waals surface area contributed by atoms with Crippen molar-refractivity contribution in [3.8, 4) is 0 Å². The highest BCUT2D eigenvalue weighted by molar-refractivity contribution is 8.00. The Morgan fingerprint density at radius 3 is 2.62 bits per heavy atom. The second-order valence-corrected chi connectivity index (χ2v) is 6.01. The van der Waals surface area contributed by atoms with Crippen molar-refractivity contribution in [3.63, 3.8) is 0 Å². The molecule has 2 heteroatoms. The summed E-state index contributed by atoms with van der Waals surface area (Å²) in [5, 5.41) is 1.66. The fourth-order valence-corrected chi connectivity index (χ4v) is 2.97. The largest absolute Gasteiger partial charge is 0.378 e. The second-order valence-electron chi connectivity index (χ2n) is 4.12. The molecule has 0 amide bonds. The molecule has 0 aromatic carbocycles. The molecule has 0 aromatic heterocycles.